The van der Waals surface area contributed by atoms with Gasteiger partial charge in [0.25, 0.3) is 5.56 Å². The topological polar surface area (TPSA) is 62.7 Å². The summed E-state index contributed by atoms with van der Waals surface area (Å²) in [5.41, 5.74) is 6.25. The minimum Gasteiger partial charge on any atom is -0.308 e. The lowest BCUT2D eigenvalue weighted by Gasteiger charge is -2.06. The van der Waals surface area contributed by atoms with Gasteiger partial charge in [0.1, 0.15) is 11.3 Å². The molecule has 0 fully saturated rings. The number of halogens is 1. The second-order valence-electron chi connectivity index (χ2n) is 8.08. The van der Waals surface area contributed by atoms with Gasteiger partial charge in [-0.05, 0) is 42.8 Å². The van der Waals surface area contributed by atoms with Crippen molar-refractivity contribution >= 4 is 22.6 Å². The third kappa shape index (κ3) is 4.46. The summed E-state index contributed by atoms with van der Waals surface area (Å²) in [6, 6.07) is 27.7. The van der Waals surface area contributed by atoms with E-state index in [0.717, 1.165) is 27.9 Å². The van der Waals surface area contributed by atoms with Gasteiger partial charge >= 0.3 is 0 Å². The fourth-order valence-electron chi connectivity index (χ4n) is 3.87. The molecular formula is C27H23ClN4O. The normalized spacial score (nSPS) is 11.2. The van der Waals surface area contributed by atoms with Crippen molar-refractivity contribution in [3.8, 4) is 16.9 Å². The number of H-pyrrole nitrogens is 1. The van der Waals surface area contributed by atoms with Gasteiger partial charge in [-0.25, -0.2) is 4.68 Å². The van der Waals surface area contributed by atoms with E-state index in [4.69, 9.17) is 16.7 Å². The number of hydrogen-bond donors (Lipinski definition) is 2. The third-order valence-corrected chi connectivity index (χ3v) is 5.90. The Morgan fingerprint density at radius 3 is 2.39 bits per heavy atom. The molecule has 5 nitrogen and oxygen atoms in total. The molecule has 0 aliphatic carbocycles. The zero-order valence-corrected chi connectivity index (χ0v) is 18.9. The number of aromatic nitrogens is 3. The Morgan fingerprint density at radius 1 is 0.939 bits per heavy atom. The number of nitrogens with one attached hydrogen (secondary N) is 2. The van der Waals surface area contributed by atoms with Crippen LogP contribution in [0.4, 0.5) is 0 Å². The Hall–Kier alpha value is -3.67. The van der Waals surface area contributed by atoms with Crippen LogP contribution < -0.4 is 10.9 Å². The number of rotatable bonds is 6. The smallest absolute Gasteiger partial charge is 0.254 e. The van der Waals surface area contributed by atoms with Gasteiger partial charge in [-0.3, -0.25) is 4.79 Å². The first-order chi connectivity index (χ1) is 16.1. The minimum atomic E-state index is -0.126. The lowest BCUT2D eigenvalue weighted by Crippen LogP contribution is -2.21. The van der Waals surface area contributed by atoms with Crippen LogP contribution in [-0.4, -0.2) is 14.8 Å². The van der Waals surface area contributed by atoms with Gasteiger partial charge in [0.2, 0.25) is 0 Å². The number of fused-ring (bicyclic) bond motifs is 1. The summed E-state index contributed by atoms with van der Waals surface area (Å²) in [6.07, 6.45) is 0. The second-order valence-corrected chi connectivity index (χ2v) is 8.51. The van der Waals surface area contributed by atoms with Crippen molar-refractivity contribution in [1.82, 2.24) is 20.1 Å². The van der Waals surface area contributed by atoms with E-state index in [1.165, 1.54) is 5.56 Å². The molecule has 5 rings (SSSR count). The van der Waals surface area contributed by atoms with Gasteiger partial charge in [-0.2, -0.15) is 5.10 Å². The van der Waals surface area contributed by atoms with Crippen molar-refractivity contribution < 1.29 is 0 Å². The molecule has 5 aromatic rings. The van der Waals surface area contributed by atoms with Crippen LogP contribution in [0, 0.1) is 6.92 Å². The van der Waals surface area contributed by atoms with Crippen molar-refractivity contribution in [2.45, 2.75) is 20.0 Å². The summed E-state index contributed by atoms with van der Waals surface area (Å²) < 4.78 is 1.80. The monoisotopic (exact) mass is 454 g/mol. The average molecular weight is 455 g/mol. The van der Waals surface area contributed by atoms with Gasteiger partial charge < -0.3 is 10.3 Å². The summed E-state index contributed by atoms with van der Waals surface area (Å²) in [5, 5.41) is 9.87. The SMILES string of the molecule is Cc1ccc(-c2nn(-c3ccccc3)c3[nH]c(=O)c(CNCc4ccc(Cl)cc4)cc23)cc1. The fourth-order valence-corrected chi connectivity index (χ4v) is 4.00. The highest BCUT2D eigenvalue weighted by Crippen LogP contribution is 2.29. The highest BCUT2D eigenvalue weighted by molar-refractivity contribution is 6.30. The Bertz CT molecular complexity index is 1450. The van der Waals surface area contributed by atoms with Crippen LogP contribution in [0.5, 0.6) is 0 Å². The first kappa shape index (κ1) is 21.2. The molecule has 3 aromatic carbocycles. The Kier molecular flexibility index (Phi) is 5.82. The highest BCUT2D eigenvalue weighted by atomic mass is 35.5. The van der Waals surface area contributed by atoms with E-state index in [1.54, 1.807) is 4.68 Å². The van der Waals surface area contributed by atoms with Crippen molar-refractivity contribution in [3.05, 3.63) is 117 Å². The lowest BCUT2D eigenvalue weighted by atomic mass is 10.1. The zero-order valence-electron chi connectivity index (χ0n) is 18.2. The lowest BCUT2D eigenvalue weighted by molar-refractivity contribution is 0.688. The number of pyridine rings is 1. The van der Waals surface area contributed by atoms with Crippen molar-refractivity contribution in [3.63, 3.8) is 0 Å². The summed E-state index contributed by atoms with van der Waals surface area (Å²) in [6.45, 7) is 3.15. The molecule has 164 valence electrons. The van der Waals surface area contributed by atoms with E-state index < -0.39 is 0 Å². The van der Waals surface area contributed by atoms with Crippen LogP contribution in [0.1, 0.15) is 16.7 Å². The molecule has 0 bridgehead atoms. The molecule has 33 heavy (non-hydrogen) atoms. The van der Waals surface area contributed by atoms with Crippen LogP contribution in [0.25, 0.3) is 28.0 Å². The number of benzene rings is 3. The van der Waals surface area contributed by atoms with Crippen molar-refractivity contribution in [1.29, 1.82) is 0 Å². The maximum Gasteiger partial charge on any atom is 0.254 e. The molecule has 0 spiro atoms. The van der Waals surface area contributed by atoms with Gasteiger partial charge in [0.15, 0.2) is 0 Å². The van der Waals surface area contributed by atoms with Crippen molar-refractivity contribution in [2.75, 3.05) is 0 Å². The van der Waals surface area contributed by atoms with Gasteiger partial charge in [0, 0.05) is 34.6 Å². The third-order valence-electron chi connectivity index (χ3n) is 5.65. The molecule has 6 heteroatoms. The number of aryl methyl sites for hydroxylation is 1. The van der Waals surface area contributed by atoms with Crippen LogP contribution in [0.15, 0.2) is 89.7 Å². The quantitative estimate of drug-likeness (QED) is 0.349. The highest BCUT2D eigenvalue weighted by Gasteiger charge is 2.16. The molecule has 0 saturated heterocycles. The van der Waals surface area contributed by atoms with Crippen LogP contribution in [0.3, 0.4) is 0 Å². The van der Waals surface area contributed by atoms with E-state index in [0.29, 0.717) is 29.3 Å². The summed E-state index contributed by atoms with van der Waals surface area (Å²) in [7, 11) is 0. The van der Waals surface area contributed by atoms with E-state index in [2.05, 4.69) is 41.5 Å². The summed E-state index contributed by atoms with van der Waals surface area (Å²) >= 11 is 5.96. The number of para-hydroxylation sites is 1. The summed E-state index contributed by atoms with van der Waals surface area (Å²) in [5.74, 6) is 0. The van der Waals surface area contributed by atoms with Gasteiger partial charge in [0.05, 0.1) is 5.69 Å². The van der Waals surface area contributed by atoms with Gasteiger partial charge in [-0.15, -0.1) is 0 Å². The second kappa shape index (κ2) is 9.06. The summed E-state index contributed by atoms with van der Waals surface area (Å²) in [4.78, 5) is 16.0. The predicted molar refractivity (Wildman–Crippen MR) is 134 cm³/mol. The minimum absolute atomic E-state index is 0.126. The maximum absolute atomic E-state index is 12.9. The van der Waals surface area contributed by atoms with Crippen LogP contribution >= 0.6 is 11.6 Å². The Labute approximate surface area is 196 Å². The Morgan fingerprint density at radius 2 is 1.67 bits per heavy atom. The molecule has 0 saturated carbocycles. The number of aromatic amines is 1. The Balaban J connectivity index is 1.54. The van der Waals surface area contributed by atoms with Gasteiger partial charge in [-0.1, -0.05) is 71.8 Å². The standard InChI is InChI=1S/C27H23ClN4O/c1-18-7-11-20(12-8-18)25-24-15-21(17-29-16-19-9-13-22(28)14-10-19)27(33)30-26(24)32(31-25)23-5-3-2-4-6-23/h2-15,29H,16-17H2,1H3,(H,30,33). The molecular weight excluding hydrogens is 432 g/mol. The van der Waals surface area contributed by atoms with Crippen LogP contribution in [0.2, 0.25) is 5.02 Å². The zero-order chi connectivity index (χ0) is 22.8. The maximum atomic E-state index is 12.9. The van der Waals surface area contributed by atoms with E-state index >= 15 is 0 Å². The number of nitrogens with zero attached hydrogens (tertiary/aromatic N) is 2. The molecule has 0 aliphatic heterocycles. The predicted octanol–water partition coefficient (Wildman–Crippen LogP) is 5.63. The number of hydrogen-bond acceptors (Lipinski definition) is 3. The molecule has 0 amide bonds. The van der Waals surface area contributed by atoms with E-state index in [-0.39, 0.29) is 5.56 Å². The first-order valence-electron chi connectivity index (χ1n) is 10.8. The van der Waals surface area contributed by atoms with E-state index in [9.17, 15) is 4.79 Å². The molecule has 2 heterocycles. The molecule has 0 radical (unpaired) electrons. The fraction of sp³-hybridized carbons (Fsp3) is 0.111. The van der Waals surface area contributed by atoms with Crippen molar-refractivity contribution in [2.24, 2.45) is 0 Å². The molecule has 2 aromatic heterocycles. The molecule has 0 atom stereocenters. The molecule has 0 aliphatic rings. The first-order valence-corrected chi connectivity index (χ1v) is 11.2. The largest absolute Gasteiger partial charge is 0.308 e. The molecule has 0 unspecified atom stereocenters. The average Bonchev–Trinajstić information content (AvgIpc) is 3.19. The van der Waals surface area contributed by atoms with Crippen LogP contribution in [-0.2, 0) is 13.1 Å². The molecule has 2 N–H and O–H groups in total. The van der Waals surface area contributed by atoms with E-state index in [1.807, 2.05) is 60.7 Å².